The van der Waals surface area contributed by atoms with Crippen molar-refractivity contribution in [1.82, 2.24) is 10.5 Å². The summed E-state index contributed by atoms with van der Waals surface area (Å²) >= 11 is 3.51. The fourth-order valence-electron chi connectivity index (χ4n) is 1.67. The van der Waals surface area contributed by atoms with Gasteiger partial charge in [-0.3, -0.25) is 0 Å². The van der Waals surface area contributed by atoms with Crippen molar-refractivity contribution in [2.45, 2.75) is 20.4 Å². The van der Waals surface area contributed by atoms with Crippen LogP contribution in [0.3, 0.4) is 0 Å². The van der Waals surface area contributed by atoms with Gasteiger partial charge in [-0.25, -0.2) is 0 Å². The number of nitrogens with zero attached hydrogens (tertiary/aromatic N) is 1. The third-order valence-electron chi connectivity index (χ3n) is 2.56. The average molecular weight is 309 g/mol. The number of halogens is 1. The van der Waals surface area contributed by atoms with E-state index in [2.05, 4.69) is 40.3 Å². The molecule has 2 rings (SSSR count). The van der Waals surface area contributed by atoms with Gasteiger partial charge in [0.2, 0.25) is 0 Å². The number of nitrogens with one attached hydrogen (secondary N) is 1. The number of aromatic nitrogens is 1. The van der Waals surface area contributed by atoms with Crippen LogP contribution in [0.25, 0.3) is 11.3 Å². The zero-order valence-corrected chi connectivity index (χ0v) is 12.2. The summed E-state index contributed by atoms with van der Waals surface area (Å²) in [6.45, 7) is 6.09. The molecule has 0 aliphatic rings. The first kappa shape index (κ1) is 13.3. The Labute approximate surface area is 116 Å². The Morgan fingerprint density at radius 3 is 2.83 bits per heavy atom. The van der Waals surface area contributed by atoms with Crippen LogP contribution in [0.15, 0.2) is 39.3 Å². The molecule has 0 spiro atoms. The Morgan fingerprint density at radius 2 is 2.11 bits per heavy atom. The molecule has 0 unspecified atom stereocenters. The molecular formula is C14H17BrN2O. The maximum absolute atomic E-state index is 5.37. The van der Waals surface area contributed by atoms with Crippen LogP contribution >= 0.6 is 15.9 Å². The third-order valence-corrected chi connectivity index (χ3v) is 3.25. The Bertz CT molecular complexity index is 508. The van der Waals surface area contributed by atoms with E-state index in [1.54, 1.807) is 0 Å². The van der Waals surface area contributed by atoms with Crippen LogP contribution in [0.5, 0.6) is 0 Å². The molecule has 4 heteroatoms. The fourth-order valence-corrected chi connectivity index (χ4v) is 2.15. The fraction of sp³-hybridized carbons (Fsp3) is 0.357. The lowest BCUT2D eigenvalue weighted by Gasteiger charge is -2.04. The van der Waals surface area contributed by atoms with E-state index in [4.69, 9.17) is 4.52 Å². The van der Waals surface area contributed by atoms with Crippen molar-refractivity contribution >= 4 is 15.9 Å². The Kier molecular flexibility index (Phi) is 4.55. The molecule has 0 aliphatic heterocycles. The highest BCUT2D eigenvalue weighted by atomic mass is 79.9. The van der Waals surface area contributed by atoms with E-state index in [9.17, 15) is 0 Å². The lowest BCUT2D eigenvalue weighted by Crippen LogP contribution is -2.18. The lowest BCUT2D eigenvalue weighted by atomic mass is 10.1. The summed E-state index contributed by atoms with van der Waals surface area (Å²) in [5.41, 5.74) is 1.96. The van der Waals surface area contributed by atoms with Gasteiger partial charge in [0.25, 0.3) is 0 Å². The van der Waals surface area contributed by atoms with Crippen molar-refractivity contribution in [3.05, 3.63) is 40.5 Å². The molecule has 1 heterocycles. The van der Waals surface area contributed by atoms with Gasteiger partial charge < -0.3 is 9.84 Å². The molecule has 0 radical (unpaired) electrons. The lowest BCUT2D eigenvalue weighted by molar-refractivity contribution is 0.418. The second-order valence-corrected chi connectivity index (χ2v) is 5.54. The van der Waals surface area contributed by atoms with Crippen LogP contribution in [-0.4, -0.2) is 11.7 Å². The second-order valence-electron chi connectivity index (χ2n) is 4.69. The molecular weight excluding hydrogens is 292 g/mol. The first-order valence-electron chi connectivity index (χ1n) is 6.08. The van der Waals surface area contributed by atoms with E-state index in [1.165, 1.54) is 0 Å². The summed E-state index contributed by atoms with van der Waals surface area (Å²) in [6.07, 6.45) is 0. The topological polar surface area (TPSA) is 38.1 Å². The van der Waals surface area contributed by atoms with E-state index in [0.29, 0.717) is 5.92 Å². The molecule has 1 aromatic carbocycles. The van der Waals surface area contributed by atoms with Crippen LogP contribution in [-0.2, 0) is 6.54 Å². The molecule has 0 atom stereocenters. The monoisotopic (exact) mass is 308 g/mol. The molecule has 1 aromatic heterocycles. The van der Waals surface area contributed by atoms with Gasteiger partial charge in [0, 0.05) is 22.6 Å². The van der Waals surface area contributed by atoms with E-state index < -0.39 is 0 Å². The molecule has 0 fully saturated rings. The van der Waals surface area contributed by atoms with Crippen molar-refractivity contribution in [3.8, 4) is 11.3 Å². The molecule has 0 saturated heterocycles. The molecule has 0 aliphatic carbocycles. The number of benzene rings is 1. The molecule has 2 aromatic rings. The number of rotatable bonds is 5. The van der Waals surface area contributed by atoms with E-state index in [-0.39, 0.29) is 0 Å². The molecule has 0 amide bonds. The average Bonchev–Trinajstić information content (AvgIpc) is 2.78. The zero-order valence-electron chi connectivity index (χ0n) is 10.6. The maximum atomic E-state index is 5.37. The normalized spacial score (nSPS) is 11.1. The summed E-state index contributed by atoms with van der Waals surface area (Å²) in [6, 6.07) is 9.95. The van der Waals surface area contributed by atoms with Gasteiger partial charge in [0.15, 0.2) is 5.76 Å². The van der Waals surface area contributed by atoms with Crippen LogP contribution in [0.4, 0.5) is 0 Å². The standard InChI is InChI=1S/C14H17BrN2O/c1-10(2)8-16-9-11-7-14(18-17-11)12-5-3-4-6-13(12)15/h3-7,10,16H,8-9H2,1-2H3. The predicted molar refractivity (Wildman–Crippen MR) is 76.2 cm³/mol. The quantitative estimate of drug-likeness (QED) is 0.911. The van der Waals surface area contributed by atoms with Gasteiger partial charge in [-0.2, -0.15) is 0 Å². The van der Waals surface area contributed by atoms with Crippen molar-refractivity contribution < 1.29 is 4.52 Å². The molecule has 96 valence electrons. The molecule has 3 nitrogen and oxygen atoms in total. The highest BCUT2D eigenvalue weighted by Gasteiger charge is 2.09. The van der Waals surface area contributed by atoms with Crippen LogP contribution < -0.4 is 5.32 Å². The zero-order chi connectivity index (χ0) is 13.0. The number of hydrogen-bond donors (Lipinski definition) is 1. The molecule has 18 heavy (non-hydrogen) atoms. The molecule has 0 bridgehead atoms. The van der Waals surface area contributed by atoms with Crippen molar-refractivity contribution in [1.29, 1.82) is 0 Å². The predicted octanol–water partition coefficient (Wildman–Crippen LogP) is 3.85. The Hall–Kier alpha value is -1.13. The van der Waals surface area contributed by atoms with Crippen molar-refractivity contribution in [2.75, 3.05) is 6.54 Å². The summed E-state index contributed by atoms with van der Waals surface area (Å²) in [5.74, 6) is 1.43. The molecule has 0 saturated carbocycles. The minimum absolute atomic E-state index is 0.639. The van der Waals surface area contributed by atoms with E-state index in [1.807, 2.05) is 30.3 Å². The highest BCUT2D eigenvalue weighted by molar-refractivity contribution is 9.10. The Balaban J connectivity index is 2.04. The first-order chi connectivity index (χ1) is 8.66. The van der Waals surface area contributed by atoms with Crippen LogP contribution in [0, 0.1) is 5.92 Å². The summed E-state index contributed by atoms with van der Waals surface area (Å²) in [5, 5.41) is 7.42. The summed E-state index contributed by atoms with van der Waals surface area (Å²) in [7, 11) is 0. The van der Waals surface area contributed by atoms with Gasteiger partial charge in [-0.15, -0.1) is 0 Å². The first-order valence-corrected chi connectivity index (χ1v) is 6.87. The Morgan fingerprint density at radius 1 is 1.33 bits per heavy atom. The second kappa shape index (κ2) is 6.16. The highest BCUT2D eigenvalue weighted by Crippen LogP contribution is 2.28. The van der Waals surface area contributed by atoms with Gasteiger partial charge in [0.1, 0.15) is 0 Å². The van der Waals surface area contributed by atoms with Crippen molar-refractivity contribution in [2.24, 2.45) is 5.92 Å². The minimum Gasteiger partial charge on any atom is -0.356 e. The van der Waals surface area contributed by atoms with Crippen LogP contribution in [0.1, 0.15) is 19.5 Å². The van der Waals surface area contributed by atoms with Crippen LogP contribution in [0.2, 0.25) is 0 Å². The largest absolute Gasteiger partial charge is 0.356 e. The van der Waals surface area contributed by atoms with Gasteiger partial charge >= 0.3 is 0 Å². The smallest absolute Gasteiger partial charge is 0.168 e. The van der Waals surface area contributed by atoms with E-state index in [0.717, 1.165) is 34.6 Å². The summed E-state index contributed by atoms with van der Waals surface area (Å²) < 4.78 is 6.39. The van der Waals surface area contributed by atoms with Gasteiger partial charge in [-0.05, 0) is 24.6 Å². The maximum Gasteiger partial charge on any atom is 0.168 e. The summed E-state index contributed by atoms with van der Waals surface area (Å²) in [4.78, 5) is 0. The van der Waals surface area contributed by atoms with E-state index >= 15 is 0 Å². The third kappa shape index (κ3) is 3.43. The van der Waals surface area contributed by atoms with Gasteiger partial charge in [0.05, 0.1) is 5.69 Å². The SMILES string of the molecule is CC(C)CNCc1cc(-c2ccccc2Br)on1. The van der Waals surface area contributed by atoms with Gasteiger partial charge in [-0.1, -0.05) is 47.1 Å². The molecule has 1 N–H and O–H groups in total. The minimum atomic E-state index is 0.639. The van der Waals surface area contributed by atoms with Crippen molar-refractivity contribution in [3.63, 3.8) is 0 Å². The number of hydrogen-bond acceptors (Lipinski definition) is 3.